The van der Waals surface area contributed by atoms with E-state index in [0.29, 0.717) is 18.3 Å². The zero-order valence-corrected chi connectivity index (χ0v) is 12.5. The molecule has 0 aliphatic carbocycles. The number of hydrogen-bond acceptors (Lipinski definition) is 5. The molecule has 0 spiro atoms. The van der Waals surface area contributed by atoms with Crippen molar-refractivity contribution < 1.29 is 4.79 Å². The molecule has 108 valence electrons. The quantitative estimate of drug-likeness (QED) is 0.856. The normalized spacial score (nSPS) is 11.0. The first-order valence-electron chi connectivity index (χ1n) is 6.27. The molecule has 20 heavy (non-hydrogen) atoms. The number of aromatic amines is 2. The molecule has 0 unspecified atom stereocenters. The van der Waals surface area contributed by atoms with Crippen LogP contribution < -0.4 is 5.69 Å². The van der Waals surface area contributed by atoms with E-state index in [1.54, 1.807) is 23.3 Å². The molecule has 2 aromatic rings. The van der Waals surface area contributed by atoms with Crippen LogP contribution >= 0.6 is 11.3 Å². The van der Waals surface area contributed by atoms with Crippen LogP contribution in [0.4, 0.5) is 0 Å². The minimum absolute atomic E-state index is 0.0659. The van der Waals surface area contributed by atoms with E-state index < -0.39 is 5.69 Å². The minimum atomic E-state index is -0.406. The second kappa shape index (κ2) is 6.00. The maximum Gasteiger partial charge on any atom is 0.340 e. The summed E-state index contributed by atoms with van der Waals surface area (Å²) >= 11 is 1.60. The Labute approximate surface area is 120 Å². The van der Waals surface area contributed by atoms with Crippen LogP contribution in [0.15, 0.2) is 10.2 Å². The Bertz CT molecular complexity index is 642. The van der Waals surface area contributed by atoms with Crippen LogP contribution in [0.1, 0.15) is 36.3 Å². The van der Waals surface area contributed by atoms with E-state index in [-0.39, 0.29) is 12.3 Å². The van der Waals surface area contributed by atoms with Gasteiger partial charge in [-0.25, -0.2) is 14.9 Å². The van der Waals surface area contributed by atoms with Gasteiger partial charge in [-0.05, 0) is 0 Å². The summed E-state index contributed by atoms with van der Waals surface area (Å²) < 4.78 is 0. The smallest absolute Gasteiger partial charge is 0.339 e. The van der Waals surface area contributed by atoms with Crippen molar-refractivity contribution in [3.05, 3.63) is 32.4 Å². The van der Waals surface area contributed by atoms with Gasteiger partial charge in [-0.15, -0.1) is 11.3 Å². The summed E-state index contributed by atoms with van der Waals surface area (Å²) in [6.07, 6.45) is 0.0659. The highest BCUT2D eigenvalue weighted by Crippen LogP contribution is 2.19. The predicted octanol–water partition coefficient (Wildman–Crippen LogP) is 0.879. The molecular weight excluding hydrogens is 278 g/mol. The average molecular weight is 295 g/mol. The van der Waals surface area contributed by atoms with Crippen LogP contribution in [0, 0.1) is 0 Å². The van der Waals surface area contributed by atoms with Crippen molar-refractivity contribution in [3.8, 4) is 0 Å². The fourth-order valence-corrected chi connectivity index (χ4v) is 2.48. The molecule has 0 saturated heterocycles. The van der Waals surface area contributed by atoms with Gasteiger partial charge in [0.15, 0.2) is 0 Å². The lowest BCUT2D eigenvalue weighted by molar-refractivity contribution is -0.129. The molecule has 0 saturated carbocycles. The van der Waals surface area contributed by atoms with E-state index in [1.165, 1.54) is 0 Å². The van der Waals surface area contributed by atoms with Gasteiger partial charge < -0.3 is 4.90 Å². The van der Waals surface area contributed by atoms with E-state index in [9.17, 15) is 9.59 Å². The fourth-order valence-electron chi connectivity index (χ4n) is 1.66. The highest BCUT2D eigenvalue weighted by atomic mass is 32.1. The molecule has 2 rings (SSSR count). The Morgan fingerprint density at radius 1 is 1.50 bits per heavy atom. The maximum absolute atomic E-state index is 12.0. The highest BCUT2D eigenvalue weighted by Gasteiger charge is 2.14. The molecule has 0 aliphatic heterocycles. The Balaban J connectivity index is 1.94. The van der Waals surface area contributed by atoms with E-state index in [1.807, 2.05) is 5.38 Å². The van der Waals surface area contributed by atoms with Crippen LogP contribution in [0.2, 0.25) is 0 Å². The molecule has 1 amide bonds. The third-order valence-corrected chi connectivity index (χ3v) is 3.95. The number of carbonyl (C=O) groups excluding carboxylic acids is 1. The SMILES string of the molecule is CC(C)c1nc(CN(C)C(=O)Cc2n[nH]c(=O)[nH]2)cs1. The van der Waals surface area contributed by atoms with Crippen molar-refractivity contribution in [2.24, 2.45) is 0 Å². The molecule has 7 nitrogen and oxygen atoms in total. The second-order valence-electron chi connectivity index (χ2n) is 4.88. The van der Waals surface area contributed by atoms with Crippen molar-refractivity contribution in [2.75, 3.05) is 7.05 Å². The first kappa shape index (κ1) is 14.4. The molecule has 0 radical (unpaired) electrons. The van der Waals surface area contributed by atoms with Crippen molar-refractivity contribution in [1.29, 1.82) is 0 Å². The summed E-state index contributed by atoms with van der Waals surface area (Å²) in [6, 6.07) is 0. The van der Waals surface area contributed by atoms with Crippen molar-refractivity contribution in [2.45, 2.75) is 32.7 Å². The number of nitrogens with zero attached hydrogens (tertiary/aromatic N) is 3. The van der Waals surface area contributed by atoms with Crippen molar-refractivity contribution in [3.63, 3.8) is 0 Å². The predicted molar refractivity (Wildman–Crippen MR) is 75.6 cm³/mol. The third kappa shape index (κ3) is 3.53. The molecule has 0 aromatic carbocycles. The van der Waals surface area contributed by atoms with E-state index >= 15 is 0 Å². The molecule has 0 atom stereocenters. The summed E-state index contributed by atoms with van der Waals surface area (Å²) in [6.45, 7) is 4.63. The highest BCUT2D eigenvalue weighted by molar-refractivity contribution is 7.09. The van der Waals surface area contributed by atoms with Gasteiger partial charge in [-0.1, -0.05) is 13.8 Å². The van der Waals surface area contributed by atoms with Gasteiger partial charge in [0, 0.05) is 18.3 Å². The monoisotopic (exact) mass is 295 g/mol. The molecule has 0 fully saturated rings. The van der Waals surface area contributed by atoms with Gasteiger partial charge in [-0.2, -0.15) is 5.10 Å². The van der Waals surface area contributed by atoms with E-state index in [0.717, 1.165) is 10.7 Å². The number of aromatic nitrogens is 4. The topological polar surface area (TPSA) is 94.7 Å². The lowest BCUT2D eigenvalue weighted by atomic mass is 10.2. The third-order valence-electron chi connectivity index (χ3n) is 2.76. The molecule has 0 aliphatic rings. The van der Waals surface area contributed by atoms with E-state index in [2.05, 4.69) is 34.0 Å². The van der Waals surface area contributed by atoms with Gasteiger partial charge in [0.1, 0.15) is 5.82 Å². The standard InChI is InChI=1S/C12H17N5O2S/c1-7(2)11-13-8(6-20-11)5-17(3)10(18)4-9-14-12(19)16-15-9/h6-7H,4-5H2,1-3H3,(H2,14,15,16,19). The van der Waals surface area contributed by atoms with Gasteiger partial charge >= 0.3 is 5.69 Å². The number of carbonyl (C=O) groups is 1. The number of thiazole rings is 1. The summed E-state index contributed by atoms with van der Waals surface area (Å²) in [7, 11) is 1.71. The van der Waals surface area contributed by atoms with Crippen LogP contribution in [-0.4, -0.2) is 38.0 Å². The number of H-pyrrole nitrogens is 2. The van der Waals surface area contributed by atoms with Gasteiger partial charge in [0.25, 0.3) is 0 Å². The Kier molecular flexibility index (Phi) is 4.33. The average Bonchev–Trinajstić information content (AvgIpc) is 2.98. The largest absolute Gasteiger partial charge is 0.340 e. The maximum atomic E-state index is 12.0. The second-order valence-corrected chi connectivity index (χ2v) is 5.77. The number of hydrogen-bond donors (Lipinski definition) is 2. The number of likely N-dealkylation sites (N-methyl/N-ethyl adjacent to an activating group) is 1. The Morgan fingerprint density at radius 3 is 2.80 bits per heavy atom. The summed E-state index contributed by atoms with van der Waals surface area (Å²) in [5.41, 5.74) is 0.474. The molecule has 8 heteroatoms. The van der Waals surface area contributed by atoms with Gasteiger partial charge in [0.05, 0.1) is 23.7 Å². The first-order valence-corrected chi connectivity index (χ1v) is 7.15. The molecule has 2 aromatic heterocycles. The Hall–Kier alpha value is -1.96. The Morgan fingerprint density at radius 2 is 2.25 bits per heavy atom. The zero-order chi connectivity index (χ0) is 14.7. The molecular formula is C12H17N5O2S. The molecule has 0 bridgehead atoms. The van der Waals surface area contributed by atoms with Crippen LogP contribution in [0.3, 0.4) is 0 Å². The van der Waals surface area contributed by atoms with Gasteiger partial charge in [-0.3, -0.25) is 9.78 Å². The van der Waals surface area contributed by atoms with Crippen LogP contribution in [-0.2, 0) is 17.8 Å². The molecule has 2 N–H and O–H groups in total. The number of amides is 1. The lowest BCUT2D eigenvalue weighted by Crippen LogP contribution is -2.28. The van der Waals surface area contributed by atoms with Crippen LogP contribution in [0.25, 0.3) is 0 Å². The van der Waals surface area contributed by atoms with Crippen molar-refractivity contribution >= 4 is 17.2 Å². The van der Waals surface area contributed by atoms with Crippen LogP contribution in [0.5, 0.6) is 0 Å². The van der Waals surface area contributed by atoms with Gasteiger partial charge in [0.2, 0.25) is 5.91 Å². The summed E-state index contributed by atoms with van der Waals surface area (Å²) in [4.78, 5) is 31.4. The fraction of sp³-hybridized carbons (Fsp3) is 0.500. The number of nitrogens with one attached hydrogen (secondary N) is 2. The minimum Gasteiger partial charge on any atom is -0.339 e. The van der Waals surface area contributed by atoms with E-state index in [4.69, 9.17) is 0 Å². The lowest BCUT2D eigenvalue weighted by Gasteiger charge is -2.14. The molecule has 2 heterocycles. The summed E-state index contributed by atoms with van der Waals surface area (Å²) in [5, 5.41) is 8.99. The van der Waals surface area contributed by atoms with Crippen molar-refractivity contribution in [1.82, 2.24) is 25.1 Å². The first-order chi connectivity index (χ1) is 9.45. The zero-order valence-electron chi connectivity index (χ0n) is 11.6. The summed E-state index contributed by atoms with van der Waals surface area (Å²) in [5.74, 6) is 0.615. The number of rotatable bonds is 5.